The zero-order valence-corrected chi connectivity index (χ0v) is 21.0. The second-order valence-electron chi connectivity index (χ2n) is 8.25. The summed E-state index contributed by atoms with van der Waals surface area (Å²) in [5, 5.41) is 7.86. The first-order valence-corrected chi connectivity index (χ1v) is 10.9. The summed E-state index contributed by atoms with van der Waals surface area (Å²) in [7, 11) is 5.52. The number of hydrogen-bond donors (Lipinski definition) is 1. The number of methoxy groups -OCH3 is 1. The quantitative estimate of drug-likeness (QED) is 0.343. The average Bonchev–Trinajstić information content (AvgIpc) is 3.51. The lowest BCUT2D eigenvalue weighted by Gasteiger charge is -2.23. The Balaban J connectivity index is 0.00000272. The van der Waals surface area contributed by atoms with Crippen molar-refractivity contribution in [2.75, 3.05) is 27.2 Å². The molecular weight excluding hydrogens is 505 g/mol. The van der Waals surface area contributed by atoms with Gasteiger partial charge in [0.2, 0.25) is 0 Å². The molecule has 170 valence electrons. The molecule has 0 spiro atoms. The Morgan fingerprint density at radius 1 is 1.26 bits per heavy atom. The van der Waals surface area contributed by atoms with Crippen LogP contribution in [0.15, 0.2) is 35.6 Å². The number of ether oxygens (including phenoxy) is 2. The van der Waals surface area contributed by atoms with Gasteiger partial charge in [0, 0.05) is 51.4 Å². The molecule has 31 heavy (non-hydrogen) atoms. The highest BCUT2D eigenvalue weighted by molar-refractivity contribution is 14.0. The van der Waals surface area contributed by atoms with Gasteiger partial charge in [-0.3, -0.25) is 9.67 Å². The number of rotatable bonds is 6. The number of para-hydroxylation sites is 1. The average molecular weight is 539 g/mol. The number of benzene rings is 1. The summed E-state index contributed by atoms with van der Waals surface area (Å²) in [5.41, 5.74) is 2.40. The minimum Gasteiger partial charge on any atom is -0.493 e. The van der Waals surface area contributed by atoms with Gasteiger partial charge in [-0.1, -0.05) is 12.1 Å². The molecule has 1 aromatic heterocycles. The molecular formula is C23H34IN5O2. The van der Waals surface area contributed by atoms with Crippen molar-refractivity contribution in [2.24, 2.45) is 12.0 Å². The van der Waals surface area contributed by atoms with Gasteiger partial charge in [0.05, 0.1) is 19.4 Å². The van der Waals surface area contributed by atoms with Crippen LogP contribution in [0.1, 0.15) is 49.1 Å². The van der Waals surface area contributed by atoms with Gasteiger partial charge in [-0.05, 0) is 43.7 Å². The van der Waals surface area contributed by atoms with E-state index < -0.39 is 0 Å². The molecule has 0 amide bonds. The highest BCUT2D eigenvalue weighted by atomic mass is 127. The first-order chi connectivity index (χ1) is 14.7. The maximum Gasteiger partial charge on any atom is 0.193 e. The Hall–Kier alpha value is -1.97. The molecule has 1 saturated heterocycles. The lowest BCUT2D eigenvalue weighted by Crippen LogP contribution is -2.39. The molecule has 1 aliphatic heterocycles. The largest absolute Gasteiger partial charge is 0.493 e. The second-order valence-corrected chi connectivity index (χ2v) is 8.25. The summed E-state index contributed by atoms with van der Waals surface area (Å²) < 4.78 is 13.8. The van der Waals surface area contributed by atoms with Crippen molar-refractivity contribution in [1.82, 2.24) is 20.0 Å². The number of aryl methyl sites for hydroxylation is 1. The van der Waals surface area contributed by atoms with E-state index in [0.29, 0.717) is 12.5 Å². The summed E-state index contributed by atoms with van der Waals surface area (Å²) in [6, 6.07) is 6.10. The normalized spacial score (nSPS) is 19.4. The van der Waals surface area contributed by atoms with Gasteiger partial charge < -0.3 is 19.7 Å². The predicted octanol–water partition coefficient (Wildman–Crippen LogP) is 3.93. The highest BCUT2D eigenvalue weighted by Crippen LogP contribution is 2.35. The summed E-state index contributed by atoms with van der Waals surface area (Å²) in [6.07, 6.45) is 10.2. The molecule has 7 nitrogen and oxygen atoms in total. The molecule has 1 unspecified atom stereocenters. The highest BCUT2D eigenvalue weighted by Gasteiger charge is 2.27. The summed E-state index contributed by atoms with van der Waals surface area (Å²) in [5.74, 6) is 3.09. The van der Waals surface area contributed by atoms with Crippen LogP contribution in [0.5, 0.6) is 11.5 Å². The van der Waals surface area contributed by atoms with Gasteiger partial charge >= 0.3 is 0 Å². The maximum atomic E-state index is 6.37. The van der Waals surface area contributed by atoms with E-state index in [1.165, 1.54) is 18.4 Å². The zero-order valence-electron chi connectivity index (χ0n) is 18.7. The molecule has 0 bridgehead atoms. The topological polar surface area (TPSA) is 63.9 Å². The van der Waals surface area contributed by atoms with Crippen molar-refractivity contribution in [3.8, 4) is 11.5 Å². The number of aliphatic imine (C=N–C) groups is 1. The van der Waals surface area contributed by atoms with E-state index in [2.05, 4.69) is 32.6 Å². The Morgan fingerprint density at radius 3 is 2.74 bits per heavy atom. The molecule has 1 aliphatic carbocycles. The van der Waals surface area contributed by atoms with Crippen molar-refractivity contribution in [2.45, 2.75) is 50.7 Å². The SMILES string of the molecule is CN=C(NCc1cccc(OC)c1OC1CCCC1)N1CCC(c2cnn(C)c2)C1.I. The lowest BCUT2D eigenvalue weighted by molar-refractivity contribution is 0.198. The van der Waals surface area contributed by atoms with Gasteiger partial charge in [-0.15, -0.1) is 24.0 Å². The minimum atomic E-state index is 0. The number of guanidine groups is 1. The standard InChI is InChI=1S/C23H33N5O2.HI/c1-24-23(28-12-11-18(16-28)19-14-26-27(2)15-19)25-13-17-7-6-10-21(29-3)22(17)30-20-8-4-5-9-20;/h6-7,10,14-15,18,20H,4-5,8-9,11-13,16H2,1-3H3,(H,24,25);1H. The fourth-order valence-corrected chi connectivity index (χ4v) is 4.55. The summed E-state index contributed by atoms with van der Waals surface area (Å²) >= 11 is 0. The van der Waals surface area contributed by atoms with Crippen molar-refractivity contribution >= 4 is 29.9 Å². The van der Waals surface area contributed by atoms with Gasteiger partial charge in [-0.25, -0.2) is 0 Å². The van der Waals surface area contributed by atoms with Crippen LogP contribution in [0, 0.1) is 0 Å². The number of halogens is 1. The maximum absolute atomic E-state index is 6.37. The minimum absolute atomic E-state index is 0. The summed E-state index contributed by atoms with van der Waals surface area (Å²) in [6.45, 7) is 2.59. The van der Waals surface area contributed by atoms with Crippen LogP contribution in [-0.4, -0.2) is 54.0 Å². The van der Waals surface area contributed by atoms with E-state index in [-0.39, 0.29) is 30.1 Å². The molecule has 4 rings (SSSR count). The smallest absolute Gasteiger partial charge is 0.193 e. The Kier molecular flexibility index (Phi) is 8.45. The van der Waals surface area contributed by atoms with Crippen molar-refractivity contribution < 1.29 is 9.47 Å². The van der Waals surface area contributed by atoms with Crippen LogP contribution >= 0.6 is 24.0 Å². The molecule has 2 heterocycles. The van der Waals surface area contributed by atoms with E-state index in [9.17, 15) is 0 Å². The molecule has 1 saturated carbocycles. The van der Waals surface area contributed by atoms with Crippen LogP contribution < -0.4 is 14.8 Å². The van der Waals surface area contributed by atoms with Crippen LogP contribution in [0.2, 0.25) is 0 Å². The number of likely N-dealkylation sites (tertiary alicyclic amines) is 1. The number of hydrogen-bond acceptors (Lipinski definition) is 4. The van der Waals surface area contributed by atoms with E-state index in [1.807, 2.05) is 37.1 Å². The van der Waals surface area contributed by atoms with E-state index >= 15 is 0 Å². The Morgan fingerprint density at radius 2 is 2.06 bits per heavy atom. The number of aromatic nitrogens is 2. The summed E-state index contributed by atoms with van der Waals surface area (Å²) in [4.78, 5) is 6.86. The fourth-order valence-electron chi connectivity index (χ4n) is 4.55. The third-order valence-corrected chi connectivity index (χ3v) is 6.20. The van der Waals surface area contributed by atoms with E-state index in [1.54, 1.807) is 7.11 Å². The van der Waals surface area contributed by atoms with Crippen molar-refractivity contribution in [3.05, 3.63) is 41.7 Å². The fraction of sp³-hybridized carbons (Fsp3) is 0.565. The monoisotopic (exact) mass is 539 g/mol. The van der Waals surface area contributed by atoms with E-state index in [0.717, 1.165) is 55.4 Å². The first kappa shape index (κ1) is 23.7. The number of nitrogens with one attached hydrogen (secondary N) is 1. The molecule has 8 heteroatoms. The van der Waals surface area contributed by atoms with Crippen LogP contribution in [0.25, 0.3) is 0 Å². The van der Waals surface area contributed by atoms with Gasteiger partial charge in [0.1, 0.15) is 0 Å². The van der Waals surface area contributed by atoms with Gasteiger partial charge in [0.15, 0.2) is 17.5 Å². The van der Waals surface area contributed by atoms with E-state index in [4.69, 9.17) is 9.47 Å². The molecule has 1 atom stereocenters. The van der Waals surface area contributed by atoms with Crippen LogP contribution in [-0.2, 0) is 13.6 Å². The first-order valence-electron chi connectivity index (χ1n) is 10.9. The lowest BCUT2D eigenvalue weighted by atomic mass is 10.0. The molecule has 1 aromatic carbocycles. The molecule has 2 fully saturated rings. The molecule has 1 N–H and O–H groups in total. The third-order valence-electron chi connectivity index (χ3n) is 6.20. The molecule has 0 radical (unpaired) electrons. The van der Waals surface area contributed by atoms with Crippen molar-refractivity contribution in [1.29, 1.82) is 0 Å². The van der Waals surface area contributed by atoms with Gasteiger partial charge in [0.25, 0.3) is 0 Å². The van der Waals surface area contributed by atoms with Crippen LogP contribution in [0.4, 0.5) is 0 Å². The molecule has 2 aliphatic rings. The zero-order chi connectivity index (χ0) is 20.9. The Labute approximate surface area is 202 Å². The van der Waals surface area contributed by atoms with Crippen molar-refractivity contribution in [3.63, 3.8) is 0 Å². The third kappa shape index (κ3) is 5.64. The molecule has 2 aromatic rings. The number of nitrogens with zero attached hydrogens (tertiary/aromatic N) is 4. The Bertz CT molecular complexity index is 879. The van der Waals surface area contributed by atoms with Crippen LogP contribution in [0.3, 0.4) is 0 Å². The second kappa shape index (κ2) is 11.1. The van der Waals surface area contributed by atoms with Gasteiger partial charge in [-0.2, -0.15) is 5.10 Å². The predicted molar refractivity (Wildman–Crippen MR) is 134 cm³/mol.